The SMILES string of the molecule is Brc1cn2ccnc2c(Nc2ccc(N3CCOCC3)nc2)n1.CC(=O)OCc1c(B2OC(C)(C)C(C)(C)O2)cccc1N1CCc2cc(C3CC3)ccc2C1=O.O=C1c2ccc(C3CC3)cc2CCN1c1cccc(-c2cn3ccnc3c(Nc3ccc(N4CCOCC4)nc3)n2)c1CO. The number of nitrogens with one attached hydrogen (secondary N) is 2. The van der Waals surface area contributed by atoms with Crippen molar-refractivity contribution >= 4 is 104 Å². The van der Waals surface area contributed by atoms with Gasteiger partial charge in [0.1, 0.15) is 22.8 Å². The fraction of sp³-hybridized carbons (Fsp3) is 0.355. The third-order valence-corrected chi connectivity index (χ3v) is 20.6. The fourth-order valence-electron chi connectivity index (χ4n) is 13.7. The van der Waals surface area contributed by atoms with Gasteiger partial charge in [0.25, 0.3) is 11.8 Å². The maximum absolute atomic E-state index is 13.7. The number of hydrogen-bond acceptors (Lipinski definition) is 19. The number of rotatable bonds is 15. The number of hydrogen-bond donors (Lipinski definition) is 3. The number of carbonyl (C=O) groups excluding carboxylic acids is 3. The summed E-state index contributed by atoms with van der Waals surface area (Å²) in [6, 6.07) is 32.1. The molecule has 0 bridgehead atoms. The van der Waals surface area contributed by atoms with Crippen molar-refractivity contribution in [1.29, 1.82) is 0 Å². The Kier molecular flexibility index (Phi) is 18.9. The number of amides is 2. The Morgan fingerprint density at radius 2 is 1.12 bits per heavy atom. The molecule has 11 heterocycles. The number of ether oxygens (including phenoxy) is 3. The number of pyridine rings is 2. The smallest absolute Gasteiger partial charge is 0.461 e. The van der Waals surface area contributed by atoms with E-state index in [1.165, 1.54) is 43.7 Å². The quantitative estimate of drug-likeness (QED) is 0.0638. The van der Waals surface area contributed by atoms with E-state index in [0.29, 0.717) is 72.4 Å². The number of esters is 1. The van der Waals surface area contributed by atoms with Crippen molar-refractivity contribution < 1.29 is 43.0 Å². The normalized spacial score (nSPS) is 17.8. The number of aromatic nitrogens is 8. The third kappa shape index (κ3) is 14.3. The molecule has 4 aromatic carbocycles. The Morgan fingerprint density at radius 3 is 1.61 bits per heavy atom. The van der Waals surface area contributed by atoms with Crippen LogP contribution in [0.25, 0.3) is 22.6 Å². The van der Waals surface area contributed by atoms with Gasteiger partial charge >= 0.3 is 13.1 Å². The average Bonchev–Trinajstić information content (AvgIpc) is 1.73. The molecule has 0 radical (unpaired) electrons. The van der Waals surface area contributed by atoms with Crippen LogP contribution in [0.15, 0.2) is 151 Å². The standard InChI is InChI=1S/C34H33N7O3.C27H32BNO5.C15H15BrN6O/c42-21-28-27(2-1-3-30(28)41-12-10-24-18-23(22-4-5-22)6-8-26(24)34(41)43)29-20-40-13-11-35-33(40)32(38-29)37-25-7-9-31(36-19-25)39-14-16-44-17-15-39;1-17(30)32-16-22-23(28-33-26(2,3)27(4,5)34-28)7-6-8-24(22)29-14-13-20-15-19(18-9-10-18)11-12-21(20)25(29)31;16-12-10-22-4-3-17-15(22)14(20-12)19-11-1-2-13(18-9-11)21-5-7-23-8-6-21/h1-3,6-9,11,13,18-20,22,42H,4-5,10,12,14-17,21H2,(H,37,38);6-8,11-12,15,18H,9-10,13-14,16H2,1-5H3;1-4,9-10H,5-8H2,(H,19,20). The topological polar surface area (TPSA) is 241 Å². The summed E-state index contributed by atoms with van der Waals surface area (Å²) in [6.45, 7) is 16.6. The second-order valence-electron chi connectivity index (χ2n) is 27.4. The number of imidazole rings is 2. The number of carbonyl (C=O) groups is 3. The number of fused-ring (bicyclic) bond motifs is 4. The van der Waals surface area contributed by atoms with Crippen molar-refractivity contribution in [3.63, 3.8) is 0 Å². The van der Waals surface area contributed by atoms with Crippen molar-refractivity contribution in [2.24, 2.45) is 0 Å². The third-order valence-electron chi connectivity index (χ3n) is 20.2. The summed E-state index contributed by atoms with van der Waals surface area (Å²) in [7, 11) is -0.621. The Bertz CT molecular complexity index is 4730. The van der Waals surface area contributed by atoms with Crippen LogP contribution >= 0.6 is 15.9 Å². The molecule has 2 amide bonds. The van der Waals surface area contributed by atoms with Gasteiger partial charge < -0.3 is 67.7 Å². The van der Waals surface area contributed by atoms with Gasteiger partial charge in [0, 0.05) is 111 Å². The molecule has 23 nitrogen and oxygen atoms in total. The summed E-state index contributed by atoms with van der Waals surface area (Å²) in [5, 5.41) is 17.3. The molecule has 5 fully saturated rings. The predicted octanol–water partition coefficient (Wildman–Crippen LogP) is 11.5. The van der Waals surface area contributed by atoms with Crippen molar-refractivity contribution in [2.45, 2.75) is 109 Å². The van der Waals surface area contributed by atoms with Crippen molar-refractivity contribution in [3.05, 3.63) is 196 Å². The van der Waals surface area contributed by atoms with Crippen LogP contribution in [0, 0.1) is 0 Å². The van der Waals surface area contributed by atoms with E-state index in [2.05, 4.69) is 85.5 Å². The maximum Gasteiger partial charge on any atom is 0.495 e. The minimum atomic E-state index is -0.621. The molecular weight excluding hydrogens is 1340 g/mol. The highest BCUT2D eigenvalue weighted by atomic mass is 79.9. The molecule has 3 N–H and O–H groups in total. The number of nitrogens with zero attached hydrogens (tertiary/aromatic N) is 12. The molecule has 25 heteroatoms. The van der Waals surface area contributed by atoms with Crippen molar-refractivity contribution in [3.8, 4) is 11.3 Å². The van der Waals surface area contributed by atoms with E-state index >= 15 is 0 Å². The van der Waals surface area contributed by atoms with Gasteiger partial charge in [0.15, 0.2) is 22.9 Å². The van der Waals surface area contributed by atoms with Gasteiger partial charge in [-0.05, 0) is 170 Å². The molecular formula is C76H80BBrN14O9. The van der Waals surface area contributed by atoms with Crippen LogP contribution in [0.3, 0.4) is 0 Å². The first-order valence-corrected chi connectivity index (χ1v) is 35.5. The maximum atomic E-state index is 13.7. The number of halogens is 1. The predicted molar refractivity (Wildman–Crippen MR) is 391 cm³/mol. The molecule has 6 aromatic heterocycles. The van der Waals surface area contributed by atoms with E-state index in [9.17, 15) is 19.5 Å². The van der Waals surface area contributed by atoms with Gasteiger partial charge in [-0.15, -0.1) is 0 Å². The lowest BCUT2D eigenvalue weighted by Crippen LogP contribution is -2.42. The van der Waals surface area contributed by atoms with Gasteiger partial charge in [0.05, 0.1) is 85.1 Å². The molecule has 0 spiro atoms. The highest BCUT2D eigenvalue weighted by Crippen LogP contribution is 2.44. The van der Waals surface area contributed by atoms with E-state index in [-0.39, 0.29) is 31.0 Å². The molecule has 518 valence electrons. The van der Waals surface area contributed by atoms with Crippen LogP contribution in [0.4, 0.5) is 46.0 Å². The van der Waals surface area contributed by atoms with E-state index in [0.717, 1.165) is 130 Å². The lowest BCUT2D eigenvalue weighted by molar-refractivity contribution is -0.142. The van der Waals surface area contributed by atoms with E-state index in [1.807, 2.05) is 140 Å². The lowest BCUT2D eigenvalue weighted by atomic mass is 9.75. The van der Waals surface area contributed by atoms with Crippen LogP contribution in [0.5, 0.6) is 0 Å². The van der Waals surface area contributed by atoms with Crippen molar-refractivity contribution in [1.82, 2.24) is 38.7 Å². The van der Waals surface area contributed by atoms with Gasteiger partial charge in [-0.2, -0.15) is 0 Å². The molecule has 101 heavy (non-hydrogen) atoms. The van der Waals surface area contributed by atoms with Crippen LogP contribution in [0.2, 0.25) is 0 Å². The monoisotopic (exact) mass is 1420 g/mol. The summed E-state index contributed by atoms with van der Waals surface area (Å²) >= 11 is 3.41. The largest absolute Gasteiger partial charge is 0.495 e. The molecule has 0 atom stereocenters. The highest BCUT2D eigenvalue weighted by Gasteiger charge is 2.52. The first kappa shape index (κ1) is 67.2. The minimum Gasteiger partial charge on any atom is -0.461 e. The Balaban J connectivity index is 0.000000129. The minimum absolute atomic E-state index is 0.0289. The molecule has 5 aliphatic heterocycles. The second-order valence-corrected chi connectivity index (χ2v) is 28.2. The molecule has 7 aliphatic rings. The Morgan fingerprint density at radius 1 is 0.614 bits per heavy atom. The number of benzene rings is 4. The first-order chi connectivity index (χ1) is 49.0. The number of aliphatic hydroxyl groups is 1. The zero-order valence-corrected chi connectivity index (χ0v) is 58.9. The molecule has 2 saturated carbocycles. The van der Waals surface area contributed by atoms with Gasteiger partial charge in [-0.3, -0.25) is 14.4 Å². The molecule has 10 aromatic rings. The zero-order chi connectivity index (χ0) is 69.5. The summed E-state index contributed by atoms with van der Waals surface area (Å²) in [5.41, 5.74) is 13.5. The summed E-state index contributed by atoms with van der Waals surface area (Å²) in [4.78, 5) is 74.5. The Labute approximate surface area is 594 Å². The van der Waals surface area contributed by atoms with E-state index < -0.39 is 18.3 Å². The van der Waals surface area contributed by atoms with E-state index in [4.69, 9.17) is 28.5 Å². The fourth-order valence-corrected chi connectivity index (χ4v) is 14.1. The lowest BCUT2D eigenvalue weighted by Gasteiger charge is -2.32. The average molecular weight is 1420 g/mol. The van der Waals surface area contributed by atoms with Crippen LogP contribution in [0.1, 0.15) is 126 Å². The zero-order valence-electron chi connectivity index (χ0n) is 57.3. The number of aliphatic hydroxyl groups excluding tert-OH is 1. The molecule has 0 unspecified atom stereocenters. The van der Waals surface area contributed by atoms with Crippen LogP contribution < -0.4 is 35.7 Å². The molecule has 17 rings (SSSR count). The number of anilines is 8. The Hall–Kier alpha value is -9.63. The van der Waals surface area contributed by atoms with Crippen LogP contribution in [-0.2, 0) is 54.4 Å². The van der Waals surface area contributed by atoms with Gasteiger partial charge in [0.2, 0.25) is 0 Å². The van der Waals surface area contributed by atoms with Gasteiger partial charge in [-0.1, -0.05) is 48.5 Å². The van der Waals surface area contributed by atoms with Gasteiger partial charge in [-0.25, -0.2) is 29.9 Å². The molecule has 2 aliphatic carbocycles. The first-order valence-electron chi connectivity index (χ1n) is 34.7. The highest BCUT2D eigenvalue weighted by molar-refractivity contribution is 9.10. The van der Waals surface area contributed by atoms with E-state index in [1.54, 1.807) is 28.4 Å². The van der Waals surface area contributed by atoms with Crippen molar-refractivity contribution in [2.75, 3.05) is 95.9 Å². The summed E-state index contributed by atoms with van der Waals surface area (Å²) in [5.74, 6) is 4.00. The molecule has 3 saturated heterocycles. The summed E-state index contributed by atoms with van der Waals surface area (Å²) < 4.78 is 33.4. The number of morpholine rings is 2. The summed E-state index contributed by atoms with van der Waals surface area (Å²) in [6.07, 6.45) is 21.1. The second kappa shape index (κ2) is 28.4. The van der Waals surface area contributed by atoms with Crippen LogP contribution in [-0.4, -0.2) is 146 Å².